The van der Waals surface area contributed by atoms with E-state index in [0.29, 0.717) is 23.1 Å². The fourth-order valence-electron chi connectivity index (χ4n) is 3.26. The van der Waals surface area contributed by atoms with E-state index in [4.69, 9.17) is 4.98 Å². The van der Waals surface area contributed by atoms with E-state index in [2.05, 4.69) is 43.9 Å². The van der Waals surface area contributed by atoms with Crippen molar-refractivity contribution < 1.29 is 0 Å². The van der Waals surface area contributed by atoms with E-state index in [9.17, 15) is 4.79 Å². The number of rotatable bonds is 6. The molecule has 0 atom stereocenters. The minimum Gasteiger partial charge on any atom is -0.316 e. The molecule has 30 heavy (non-hydrogen) atoms. The number of hydrogen-bond donors (Lipinski definition) is 0. The summed E-state index contributed by atoms with van der Waals surface area (Å²) in [5.74, 6) is 0.676. The molecule has 0 saturated carbocycles. The van der Waals surface area contributed by atoms with Gasteiger partial charge in [0.15, 0.2) is 0 Å². The zero-order valence-corrected chi connectivity index (χ0v) is 19.6. The molecule has 0 bridgehead atoms. The van der Waals surface area contributed by atoms with Crippen LogP contribution >= 0.6 is 31.9 Å². The summed E-state index contributed by atoms with van der Waals surface area (Å²) in [7, 11) is 0. The monoisotopic (exact) mass is 526 g/mol. The lowest BCUT2D eigenvalue weighted by Gasteiger charge is -2.10. The summed E-state index contributed by atoms with van der Waals surface area (Å²) in [5.41, 5.74) is 2.42. The first-order chi connectivity index (χ1) is 14.6. The molecule has 2 heterocycles. The molecule has 7 heteroatoms. The van der Waals surface area contributed by atoms with E-state index in [1.807, 2.05) is 59.3 Å². The van der Waals surface area contributed by atoms with Crippen LogP contribution in [0, 0.1) is 0 Å². The standard InChI is InChI=1S/C23H20Br2N4O/c1-2-3-6-22-27-21-12-9-17(25)14-20(21)23(30)29(22)26-15-19-5-4-13-28(19)18-10-7-16(24)8-11-18/h4-5,7-15H,2-3,6H2,1H3. The number of nitrogens with zero attached hydrogens (tertiary/aromatic N) is 4. The summed E-state index contributed by atoms with van der Waals surface area (Å²) in [5, 5.41) is 5.10. The SMILES string of the molecule is CCCCc1nc2ccc(Br)cc2c(=O)n1N=Cc1cccn1-c1ccc(Br)cc1. The van der Waals surface area contributed by atoms with Crippen molar-refractivity contribution in [2.75, 3.05) is 0 Å². The van der Waals surface area contributed by atoms with Gasteiger partial charge in [-0.05, 0) is 61.0 Å². The van der Waals surface area contributed by atoms with Gasteiger partial charge in [0.1, 0.15) is 5.82 Å². The predicted molar refractivity (Wildman–Crippen MR) is 129 cm³/mol. The first-order valence-electron chi connectivity index (χ1n) is 9.75. The van der Waals surface area contributed by atoms with Gasteiger partial charge in [-0.15, -0.1) is 0 Å². The number of aromatic nitrogens is 3. The number of benzene rings is 2. The first kappa shape index (κ1) is 20.8. The fraction of sp³-hybridized carbons (Fsp3) is 0.174. The van der Waals surface area contributed by atoms with Gasteiger partial charge in [0.25, 0.3) is 5.56 Å². The Labute approximate surface area is 191 Å². The highest BCUT2D eigenvalue weighted by Crippen LogP contribution is 2.18. The molecule has 0 aliphatic carbocycles. The van der Waals surface area contributed by atoms with Gasteiger partial charge in [-0.2, -0.15) is 9.78 Å². The molecule has 4 aromatic rings. The summed E-state index contributed by atoms with van der Waals surface area (Å²) in [6.45, 7) is 2.12. The van der Waals surface area contributed by atoms with Gasteiger partial charge in [0.2, 0.25) is 0 Å². The molecular formula is C23H20Br2N4O. The fourth-order valence-corrected chi connectivity index (χ4v) is 3.89. The molecule has 0 N–H and O–H groups in total. The van der Waals surface area contributed by atoms with Crippen molar-refractivity contribution in [1.82, 2.24) is 14.2 Å². The molecule has 152 valence electrons. The molecule has 5 nitrogen and oxygen atoms in total. The third-order valence-corrected chi connectivity index (χ3v) is 5.84. The Morgan fingerprint density at radius 2 is 1.83 bits per heavy atom. The van der Waals surface area contributed by atoms with Gasteiger partial charge in [-0.3, -0.25) is 4.79 Å². The normalized spacial score (nSPS) is 11.6. The Morgan fingerprint density at radius 1 is 1.07 bits per heavy atom. The van der Waals surface area contributed by atoms with E-state index in [1.165, 1.54) is 4.68 Å². The zero-order valence-electron chi connectivity index (χ0n) is 16.4. The quantitative estimate of drug-likeness (QED) is 0.291. The third-order valence-electron chi connectivity index (χ3n) is 4.82. The van der Waals surface area contributed by atoms with Gasteiger partial charge >= 0.3 is 0 Å². The van der Waals surface area contributed by atoms with Gasteiger partial charge in [0.05, 0.1) is 22.8 Å². The molecule has 2 aromatic carbocycles. The Bertz CT molecular complexity index is 1270. The van der Waals surface area contributed by atoms with Crippen LogP contribution in [0.5, 0.6) is 0 Å². The van der Waals surface area contributed by atoms with Gasteiger partial charge < -0.3 is 4.57 Å². The van der Waals surface area contributed by atoms with E-state index >= 15 is 0 Å². The highest BCUT2D eigenvalue weighted by Gasteiger charge is 2.11. The molecule has 0 radical (unpaired) electrons. The van der Waals surface area contributed by atoms with Crippen LogP contribution in [-0.2, 0) is 6.42 Å². The van der Waals surface area contributed by atoms with Crippen LogP contribution in [0.2, 0.25) is 0 Å². The molecule has 0 aliphatic heterocycles. The van der Waals surface area contributed by atoms with Crippen molar-refractivity contribution in [3.8, 4) is 5.69 Å². The van der Waals surface area contributed by atoms with Crippen molar-refractivity contribution in [3.05, 3.63) is 91.6 Å². The maximum Gasteiger partial charge on any atom is 0.282 e. The average Bonchev–Trinajstić information content (AvgIpc) is 3.21. The summed E-state index contributed by atoms with van der Waals surface area (Å²) < 4.78 is 5.32. The number of hydrogen-bond acceptors (Lipinski definition) is 3. The Balaban J connectivity index is 1.79. The van der Waals surface area contributed by atoms with E-state index in [1.54, 1.807) is 12.3 Å². The first-order valence-corrected chi connectivity index (χ1v) is 11.3. The van der Waals surface area contributed by atoms with Crippen molar-refractivity contribution in [3.63, 3.8) is 0 Å². The Morgan fingerprint density at radius 3 is 2.60 bits per heavy atom. The molecule has 0 saturated heterocycles. The van der Waals surface area contributed by atoms with E-state index < -0.39 is 0 Å². The van der Waals surface area contributed by atoms with Crippen LogP contribution in [0.1, 0.15) is 31.3 Å². The number of unbranched alkanes of at least 4 members (excludes halogenated alkanes) is 1. The molecular weight excluding hydrogens is 508 g/mol. The van der Waals surface area contributed by atoms with Crippen LogP contribution in [0.4, 0.5) is 0 Å². The molecule has 4 rings (SSSR count). The minimum atomic E-state index is -0.162. The summed E-state index contributed by atoms with van der Waals surface area (Å²) in [6, 6.07) is 17.5. The molecule has 0 aliphatic rings. The number of aryl methyl sites for hydroxylation is 1. The predicted octanol–water partition coefficient (Wildman–Crippen LogP) is 5.94. The van der Waals surface area contributed by atoms with Gasteiger partial charge in [-0.1, -0.05) is 45.2 Å². The summed E-state index contributed by atoms with van der Waals surface area (Å²) >= 11 is 6.91. The molecule has 0 unspecified atom stereocenters. The topological polar surface area (TPSA) is 52.2 Å². The van der Waals surface area contributed by atoms with Crippen LogP contribution < -0.4 is 5.56 Å². The second-order valence-corrected chi connectivity index (χ2v) is 8.77. The molecule has 0 spiro atoms. The van der Waals surface area contributed by atoms with Gasteiger partial charge in [-0.25, -0.2) is 4.98 Å². The minimum absolute atomic E-state index is 0.162. The van der Waals surface area contributed by atoms with Crippen LogP contribution in [0.25, 0.3) is 16.6 Å². The summed E-state index contributed by atoms with van der Waals surface area (Å²) in [6.07, 6.45) is 6.35. The van der Waals surface area contributed by atoms with E-state index in [-0.39, 0.29) is 5.56 Å². The van der Waals surface area contributed by atoms with Crippen LogP contribution in [0.15, 0.2) is 79.6 Å². The highest BCUT2D eigenvalue weighted by atomic mass is 79.9. The Hall–Kier alpha value is -2.51. The Kier molecular flexibility index (Phi) is 6.29. The number of halogens is 2. The maximum atomic E-state index is 13.2. The van der Waals surface area contributed by atoms with E-state index in [0.717, 1.165) is 33.2 Å². The number of fused-ring (bicyclic) bond motifs is 1. The lowest BCUT2D eigenvalue weighted by Crippen LogP contribution is -2.22. The van der Waals surface area contributed by atoms with Crippen molar-refractivity contribution in [2.24, 2.45) is 5.10 Å². The lowest BCUT2D eigenvalue weighted by atomic mass is 10.2. The van der Waals surface area contributed by atoms with Gasteiger partial charge in [0, 0.05) is 27.3 Å². The summed E-state index contributed by atoms with van der Waals surface area (Å²) in [4.78, 5) is 17.9. The molecule has 2 aromatic heterocycles. The molecule has 0 fully saturated rings. The highest BCUT2D eigenvalue weighted by molar-refractivity contribution is 9.10. The average molecular weight is 528 g/mol. The van der Waals surface area contributed by atoms with Crippen LogP contribution in [-0.4, -0.2) is 20.4 Å². The zero-order chi connectivity index (χ0) is 21.1. The largest absolute Gasteiger partial charge is 0.316 e. The maximum absolute atomic E-state index is 13.2. The second kappa shape index (κ2) is 9.10. The van der Waals surface area contributed by atoms with Crippen LogP contribution in [0.3, 0.4) is 0 Å². The smallest absolute Gasteiger partial charge is 0.282 e. The van der Waals surface area contributed by atoms with Crippen molar-refractivity contribution in [1.29, 1.82) is 0 Å². The lowest BCUT2D eigenvalue weighted by molar-refractivity contribution is 0.674. The van der Waals surface area contributed by atoms with Crippen molar-refractivity contribution >= 4 is 49.0 Å². The second-order valence-electron chi connectivity index (χ2n) is 6.93. The third kappa shape index (κ3) is 4.32. The molecule has 0 amide bonds. The van der Waals surface area contributed by atoms with Crippen molar-refractivity contribution in [2.45, 2.75) is 26.2 Å².